The van der Waals surface area contributed by atoms with Gasteiger partial charge in [-0.15, -0.1) is 6.58 Å². The highest BCUT2D eigenvalue weighted by Crippen LogP contribution is 2.14. The Morgan fingerprint density at radius 2 is 2.31 bits per heavy atom. The zero-order chi connectivity index (χ0) is 12.0. The van der Waals surface area contributed by atoms with Gasteiger partial charge in [-0.3, -0.25) is 0 Å². The molecule has 0 amide bonds. The van der Waals surface area contributed by atoms with Gasteiger partial charge in [0.15, 0.2) is 0 Å². The molecule has 1 N–H and O–H groups in total. The van der Waals surface area contributed by atoms with Crippen LogP contribution in [-0.2, 0) is 6.42 Å². The Morgan fingerprint density at radius 1 is 1.56 bits per heavy atom. The van der Waals surface area contributed by atoms with Gasteiger partial charge >= 0.3 is 0 Å². The van der Waals surface area contributed by atoms with E-state index < -0.39 is 0 Å². The maximum Gasteiger partial charge on any atom is 0.132 e. The minimum Gasteiger partial charge on any atom is -0.367 e. The third kappa shape index (κ3) is 4.31. The molecule has 0 bridgehead atoms. The van der Waals surface area contributed by atoms with Gasteiger partial charge in [0.2, 0.25) is 0 Å². The predicted octanol–water partition coefficient (Wildman–Crippen LogP) is 3.57. The molecular formula is C12H18BrN3. The molecule has 16 heavy (non-hydrogen) atoms. The molecule has 0 aliphatic rings. The molecule has 1 rings (SSSR count). The van der Waals surface area contributed by atoms with Crippen molar-refractivity contribution in [2.75, 3.05) is 5.32 Å². The topological polar surface area (TPSA) is 37.8 Å². The molecule has 0 saturated heterocycles. The first kappa shape index (κ1) is 13.2. The van der Waals surface area contributed by atoms with Crippen LogP contribution in [0.15, 0.2) is 23.3 Å². The van der Waals surface area contributed by atoms with Gasteiger partial charge in [-0.25, -0.2) is 9.97 Å². The highest BCUT2D eigenvalue weighted by molar-refractivity contribution is 9.10. The van der Waals surface area contributed by atoms with E-state index in [4.69, 9.17) is 0 Å². The van der Waals surface area contributed by atoms with Gasteiger partial charge in [0.05, 0.1) is 0 Å². The third-order valence-electron chi connectivity index (χ3n) is 2.13. The van der Waals surface area contributed by atoms with E-state index in [-0.39, 0.29) is 0 Å². The third-order valence-corrected chi connectivity index (χ3v) is 2.54. The molecule has 3 nitrogen and oxygen atoms in total. The van der Waals surface area contributed by atoms with Crippen LogP contribution in [0.25, 0.3) is 0 Å². The quantitative estimate of drug-likeness (QED) is 0.641. The molecule has 1 atom stereocenters. The van der Waals surface area contributed by atoms with Crippen LogP contribution in [0, 0.1) is 0 Å². The molecule has 0 aliphatic heterocycles. The van der Waals surface area contributed by atoms with Crippen molar-refractivity contribution in [2.45, 2.75) is 39.2 Å². The lowest BCUT2D eigenvalue weighted by Crippen LogP contribution is -2.15. The smallest absolute Gasteiger partial charge is 0.132 e. The van der Waals surface area contributed by atoms with Crippen molar-refractivity contribution in [1.29, 1.82) is 0 Å². The number of hydrogen-bond donors (Lipinski definition) is 1. The van der Waals surface area contributed by atoms with Crippen LogP contribution in [0.3, 0.4) is 0 Å². The molecule has 4 heteroatoms. The Morgan fingerprint density at radius 3 is 2.94 bits per heavy atom. The molecule has 0 spiro atoms. The van der Waals surface area contributed by atoms with Crippen molar-refractivity contribution >= 4 is 21.7 Å². The summed E-state index contributed by atoms with van der Waals surface area (Å²) in [6, 6.07) is 2.24. The Hall–Kier alpha value is -0.900. The van der Waals surface area contributed by atoms with Crippen LogP contribution in [0.5, 0.6) is 0 Å². The van der Waals surface area contributed by atoms with E-state index in [1.54, 1.807) is 0 Å². The Bertz CT molecular complexity index is 352. The first-order valence-corrected chi connectivity index (χ1v) is 6.36. The number of aromatic nitrogens is 2. The number of nitrogens with one attached hydrogen (secondary N) is 1. The number of rotatable bonds is 6. The van der Waals surface area contributed by atoms with Crippen molar-refractivity contribution in [3.63, 3.8) is 0 Å². The lowest BCUT2D eigenvalue weighted by molar-refractivity contribution is 0.788. The highest BCUT2D eigenvalue weighted by Gasteiger charge is 2.05. The fourth-order valence-electron chi connectivity index (χ4n) is 1.44. The first-order valence-electron chi connectivity index (χ1n) is 5.56. The molecule has 1 unspecified atom stereocenters. The lowest BCUT2D eigenvalue weighted by Gasteiger charge is -2.13. The second-order valence-electron chi connectivity index (χ2n) is 3.81. The van der Waals surface area contributed by atoms with Crippen LogP contribution in [0.2, 0.25) is 0 Å². The molecular weight excluding hydrogens is 266 g/mol. The molecule has 0 fully saturated rings. The summed E-state index contributed by atoms with van der Waals surface area (Å²) in [6.45, 7) is 7.96. The van der Waals surface area contributed by atoms with Crippen LogP contribution < -0.4 is 5.32 Å². The number of aryl methyl sites for hydroxylation is 1. The normalized spacial score (nSPS) is 12.2. The minimum absolute atomic E-state index is 0.341. The molecule has 0 aliphatic carbocycles. The van der Waals surface area contributed by atoms with Crippen molar-refractivity contribution < 1.29 is 0 Å². The maximum absolute atomic E-state index is 4.46. The molecule has 1 heterocycles. The summed E-state index contributed by atoms with van der Waals surface area (Å²) in [7, 11) is 0. The molecule has 0 saturated carbocycles. The van der Waals surface area contributed by atoms with E-state index in [0.717, 1.165) is 35.5 Å². The van der Waals surface area contributed by atoms with E-state index in [0.29, 0.717) is 6.04 Å². The van der Waals surface area contributed by atoms with Gasteiger partial charge in [-0.2, -0.15) is 0 Å². The van der Waals surface area contributed by atoms with Gasteiger partial charge in [-0.1, -0.05) is 13.0 Å². The van der Waals surface area contributed by atoms with Crippen molar-refractivity contribution in [3.8, 4) is 0 Å². The zero-order valence-electron chi connectivity index (χ0n) is 9.83. The maximum atomic E-state index is 4.46. The predicted molar refractivity (Wildman–Crippen MR) is 71.6 cm³/mol. The van der Waals surface area contributed by atoms with Crippen LogP contribution in [0.1, 0.15) is 32.5 Å². The monoisotopic (exact) mass is 283 g/mol. The van der Waals surface area contributed by atoms with Crippen molar-refractivity contribution in [2.24, 2.45) is 0 Å². The van der Waals surface area contributed by atoms with E-state index in [2.05, 4.69) is 51.6 Å². The lowest BCUT2D eigenvalue weighted by atomic mass is 10.2. The Balaban J connectivity index is 2.75. The Labute approximate surface area is 106 Å². The number of halogens is 1. The van der Waals surface area contributed by atoms with E-state index in [1.807, 2.05) is 12.1 Å². The second-order valence-corrected chi connectivity index (χ2v) is 4.62. The molecule has 1 aromatic rings. The fraction of sp³-hybridized carbons (Fsp3) is 0.500. The van der Waals surface area contributed by atoms with E-state index in [9.17, 15) is 0 Å². The van der Waals surface area contributed by atoms with Gasteiger partial charge < -0.3 is 5.32 Å². The zero-order valence-corrected chi connectivity index (χ0v) is 11.4. The minimum atomic E-state index is 0.341. The SMILES string of the molecule is C=CCC(C)Nc1cc(Br)nc(CCC)n1. The Kier molecular flexibility index (Phi) is 5.46. The standard InChI is InChI=1S/C12H18BrN3/c1-4-6-9(3)14-12-8-10(13)15-11(16-12)7-5-2/h4,8-9H,1,5-7H2,2-3H3,(H,14,15,16). The average molecular weight is 284 g/mol. The fourth-order valence-corrected chi connectivity index (χ4v) is 1.86. The summed E-state index contributed by atoms with van der Waals surface area (Å²) in [5.74, 6) is 1.75. The summed E-state index contributed by atoms with van der Waals surface area (Å²) in [6.07, 6.45) is 4.79. The molecule has 1 aromatic heterocycles. The van der Waals surface area contributed by atoms with Gasteiger partial charge in [-0.05, 0) is 35.7 Å². The summed E-state index contributed by atoms with van der Waals surface area (Å²) >= 11 is 3.40. The molecule has 88 valence electrons. The van der Waals surface area contributed by atoms with Crippen molar-refractivity contribution in [1.82, 2.24) is 9.97 Å². The van der Waals surface area contributed by atoms with Crippen LogP contribution >= 0.6 is 15.9 Å². The summed E-state index contributed by atoms with van der Waals surface area (Å²) in [4.78, 5) is 8.78. The largest absolute Gasteiger partial charge is 0.367 e. The summed E-state index contributed by atoms with van der Waals surface area (Å²) in [5, 5.41) is 3.33. The first-order chi connectivity index (χ1) is 7.65. The highest BCUT2D eigenvalue weighted by atomic mass is 79.9. The molecule has 0 aromatic carbocycles. The van der Waals surface area contributed by atoms with Gasteiger partial charge in [0, 0.05) is 18.5 Å². The van der Waals surface area contributed by atoms with Crippen LogP contribution in [-0.4, -0.2) is 16.0 Å². The van der Waals surface area contributed by atoms with E-state index >= 15 is 0 Å². The summed E-state index contributed by atoms with van der Waals surface area (Å²) in [5.41, 5.74) is 0. The van der Waals surface area contributed by atoms with Crippen molar-refractivity contribution in [3.05, 3.63) is 29.1 Å². The molecule has 0 radical (unpaired) electrons. The van der Waals surface area contributed by atoms with E-state index in [1.165, 1.54) is 0 Å². The van der Waals surface area contributed by atoms with Gasteiger partial charge in [0.25, 0.3) is 0 Å². The number of nitrogens with zero attached hydrogens (tertiary/aromatic N) is 2. The average Bonchev–Trinajstić information content (AvgIpc) is 2.17. The number of hydrogen-bond acceptors (Lipinski definition) is 3. The van der Waals surface area contributed by atoms with Crippen LogP contribution in [0.4, 0.5) is 5.82 Å². The summed E-state index contributed by atoms with van der Waals surface area (Å²) < 4.78 is 0.833. The second kappa shape index (κ2) is 6.63. The van der Waals surface area contributed by atoms with Gasteiger partial charge in [0.1, 0.15) is 16.2 Å². The number of anilines is 1.